The molecule has 1 heterocycles. The summed E-state index contributed by atoms with van der Waals surface area (Å²) in [5, 5.41) is 2.65. The fourth-order valence-corrected chi connectivity index (χ4v) is 1.49. The lowest BCUT2D eigenvalue weighted by Gasteiger charge is -2.17. The van der Waals surface area contributed by atoms with Crippen molar-refractivity contribution in [3.8, 4) is 0 Å². The van der Waals surface area contributed by atoms with Crippen molar-refractivity contribution >= 4 is 11.9 Å². The number of rotatable bonds is 4. The summed E-state index contributed by atoms with van der Waals surface area (Å²) in [6.07, 6.45) is 0.863. The van der Waals surface area contributed by atoms with E-state index >= 15 is 0 Å². The molecule has 1 aromatic heterocycles. The van der Waals surface area contributed by atoms with Crippen LogP contribution in [0.4, 0.5) is 5.95 Å². The Kier molecular flexibility index (Phi) is 4.57. The molecule has 0 aliphatic heterocycles. The van der Waals surface area contributed by atoms with E-state index in [0.717, 1.165) is 17.8 Å². The Morgan fingerprint density at radius 3 is 2.41 bits per heavy atom. The van der Waals surface area contributed by atoms with Gasteiger partial charge in [-0.25, -0.2) is 9.97 Å². The van der Waals surface area contributed by atoms with E-state index < -0.39 is 6.04 Å². The van der Waals surface area contributed by atoms with Crippen LogP contribution in [0.1, 0.15) is 31.7 Å². The third-order valence-corrected chi connectivity index (χ3v) is 2.78. The van der Waals surface area contributed by atoms with Crippen molar-refractivity contribution in [1.29, 1.82) is 0 Å². The number of nitrogens with zero attached hydrogens (tertiary/aromatic N) is 2. The predicted molar refractivity (Wildman–Crippen MR) is 67.6 cm³/mol. The van der Waals surface area contributed by atoms with Gasteiger partial charge in [-0.1, -0.05) is 20.3 Å². The van der Waals surface area contributed by atoms with Gasteiger partial charge in [0.2, 0.25) is 11.9 Å². The topological polar surface area (TPSA) is 80.9 Å². The molecule has 3 N–H and O–H groups in total. The molecule has 1 amide bonds. The molecule has 0 aliphatic rings. The molecule has 17 heavy (non-hydrogen) atoms. The molecule has 0 fully saturated rings. The summed E-state index contributed by atoms with van der Waals surface area (Å²) >= 11 is 0. The van der Waals surface area contributed by atoms with E-state index in [1.165, 1.54) is 0 Å². The van der Waals surface area contributed by atoms with E-state index in [1.807, 2.05) is 33.8 Å². The van der Waals surface area contributed by atoms with Crippen LogP contribution in [0.15, 0.2) is 6.07 Å². The van der Waals surface area contributed by atoms with Gasteiger partial charge >= 0.3 is 0 Å². The smallest absolute Gasteiger partial charge is 0.243 e. The van der Waals surface area contributed by atoms with E-state index in [0.29, 0.717) is 5.95 Å². The zero-order valence-electron chi connectivity index (χ0n) is 10.8. The quantitative estimate of drug-likeness (QED) is 0.828. The number of aryl methyl sites for hydroxylation is 2. The first-order chi connectivity index (χ1) is 7.93. The summed E-state index contributed by atoms with van der Waals surface area (Å²) in [7, 11) is 0. The van der Waals surface area contributed by atoms with Crippen LogP contribution >= 0.6 is 0 Å². The molecule has 0 aliphatic carbocycles. The van der Waals surface area contributed by atoms with Gasteiger partial charge in [0, 0.05) is 11.4 Å². The van der Waals surface area contributed by atoms with Crippen molar-refractivity contribution in [3.05, 3.63) is 17.5 Å². The molecule has 5 nitrogen and oxygen atoms in total. The molecule has 2 atom stereocenters. The van der Waals surface area contributed by atoms with Crippen LogP contribution in [0, 0.1) is 19.8 Å². The molecule has 0 saturated heterocycles. The van der Waals surface area contributed by atoms with Crippen LogP contribution < -0.4 is 11.1 Å². The molecule has 94 valence electrons. The summed E-state index contributed by atoms with van der Waals surface area (Å²) in [5.41, 5.74) is 7.48. The van der Waals surface area contributed by atoms with E-state index in [9.17, 15) is 4.79 Å². The molecule has 1 rings (SSSR count). The van der Waals surface area contributed by atoms with Gasteiger partial charge in [0.05, 0.1) is 6.04 Å². The second-order valence-corrected chi connectivity index (χ2v) is 4.37. The van der Waals surface area contributed by atoms with Crippen LogP contribution in [0.5, 0.6) is 0 Å². The second kappa shape index (κ2) is 5.72. The van der Waals surface area contributed by atoms with Crippen LogP contribution in [-0.4, -0.2) is 21.9 Å². The van der Waals surface area contributed by atoms with Gasteiger partial charge in [-0.05, 0) is 25.8 Å². The first-order valence-corrected chi connectivity index (χ1v) is 5.82. The number of hydrogen-bond donors (Lipinski definition) is 2. The standard InChI is InChI=1S/C12H20N4O/c1-5-7(2)10(13)11(17)16-12-14-8(3)6-9(4)15-12/h6-7,10H,5,13H2,1-4H3,(H,14,15,16,17). The Labute approximate surface area is 102 Å². The highest BCUT2D eigenvalue weighted by Crippen LogP contribution is 2.08. The van der Waals surface area contributed by atoms with Crippen LogP contribution in [0.3, 0.4) is 0 Å². The Morgan fingerprint density at radius 2 is 1.94 bits per heavy atom. The normalized spacial score (nSPS) is 14.2. The number of carbonyl (C=O) groups is 1. The van der Waals surface area contributed by atoms with Crippen LogP contribution in [-0.2, 0) is 4.79 Å². The monoisotopic (exact) mass is 236 g/mol. The average Bonchev–Trinajstić information content (AvgIpc) is 2.25. The van der Waals surface area contributed by atoms with Crippen molar-refractivity contribution < 1.29 is 4.79 Å². The molecular formula is C12H20N4O. The number of carbonyl (C=O) groups excluding carboxylic acids is 1. The van der Waals surface area contributed by atoms with Gasteiger partial charge in [-0.2, -0.15) is 0 Å². The summed E-state index contributed by atoms with van der Waals surface area (Å²) < 4.78 is 0. The highest BCUT2D eigenvalue weighted by Gasteiger charge is 2.20. The van der Waals surface area contributed by atoms with Crippen molar-refractivity contribution in [3.63, 3.8) is 0 Å². The van der Waals surface area contributed by atoms with Crippen molar-refractivity contribution in [2.75, 3.05) is 5.32 Å². The Balaban J connectivity index is 2.74. The second-order valence-electron chi connectivity index (χ2n) is 4.37. The largest absolute Gasteiger partial charge is 0.320 e. The molecule has 5 heteroatoms. The zero-order valence-corrected chi connectivity index (χ0v) is 10.8. The minimum absolute atomic E-state index is 0.140. The number of nitrogens with two attached hydrogens (primary N) is 1. The van der Waals surface area contributed by atoms with E-state index in [4.69, 9.17) is 5.73 Å². The Hall–Kier alpha value is -1.49. The summed E-state index contributed by atoms with van der Waals surface area (Å²) in [6.45, 7) is 7.68. The lowest BCUT2D eigenvalue weighted by atomic mass is 10.00. The Bertz CT molecular complexity index is 385. The van der Waals surface area contributed by atoms with E-state index in [1.54, 1.807) is 0 Å². The van der Waals surface area contributed by atoms with Crippen LogP contribution in [0.25, 0.3) is 0 Å². The third-order valence-electron chi connectivity index (χ3n) is 2.78. The molecule has 0 saturated carbocycles. The van der Waals surface area contributed by atoms with E-state index in [2.05, 4.69) is 15.3 Å². The summed E-state index contributed by atoms with van der Waals surface area (Å²) in [5.74, 6) is 0.233. The maximum Gasteiger partial charge on any atom is 0.243 e. The fraction of sp³-hybridized carbons (Fsp3) is 0.583. The highest BCUT2D eigenvalue weighted by atomic mass is 16.2. The highest BCUT2D eigenvalue weighted by molar-refractivity contribution is 5.93. The Morgan fingerprint density at radius 1 is 1.41 bits per heavy atom. The lowest BCUT2D eigenvalue weighted by molar-refractivity contribution is -0.118. The van der Waals surface area contributed by atoms with Gasteiger partial charge in [0.15, 0.2) is 0 Å². The van der Waals surface area contributed by atoms with Gasteiger partial charge in [0.25, 0.3) is 0 Å². The van der Waals surface area contributed by atoms with Crippen molar-refractivity contribution in [2.24, 2.45) is 11.7 Å². The molecule has 0 radical (unpaired) electrons. The molecule has 0 aromatic carbocycles. The van der Waals surface area contributed by atoms with Crippen molar-refractivity contribution in [2.45, 2.75) is 40.2 Å². The number of hydrogen-bond acceptors (Lipinski definition) is 4. The number of amides is 1. The summed E-state index contributed by atoms with van der Waals surface area (Å²) in [4.78, 5) is 20.1. The van der Waals surface area contributed by atoms with Gasteiger partial charge < -0.3 is 5.73 Å². The lowest BCUT2D eigenvalue weighted by Crippen LogP contribution is -2.41. The van der Waals surface area contributed by atoms with E-state index in [-0.39, 0.29) is 11.8 Å². The zero-order chi connectivity index (χ0) is 13.0. The number of nitrogens with one attached hydrogen (secondary N) is 1. The molecular weight excluding hydrogens is 216 g/mol. The third kappa shape index (κ3) is 3.78. The predicted octanol–water partition coefficient (Wildman–Crippen LogP) is 1.41. The first-order valence-electron chi connectivity index (χ1n) is 5.82. The maximum atomic E-state index is 11.8. The number of aromatic nitrogens is 2. The first kappa shape index (κ1) is 13.6. The molecule has 0 spiro atoms. The minimum Gasteiger partial charge on any atom is -0.320 e. The molecule has 2 unspecified atom stereocenters. The minimum atomic E-state index is -0.524. The van der Waals surface area contributed by atoms with Gasteiger partial charge in [-0.3, -0.25) is 10.1 Å². The van der Waals surface area contributed by atoms with Gasteiger partial charge in [-0.15, -0.1) is 0 Å². The van der Waals surface area contributed by atoms with Crippen molar-refractivity contribution in [1.82, 2.24) is 9.97 Å². The van der Waals surface area contributed by atoms with Crippen LogP contribution in [0.2, 0.25) is 0 Å². The SMILES string of the molecule is CCC(C)C(N)C(=O)Nc1nc(C)cc(C)n1. The fourth-order valence-electron chi connectivity index (χ4n) is 1.49. The molecule has 1 aromatic rings. The maximum absolute atomic E-state index is 11.8. The average molecular weight is 236 g/mol. The summed E-state index contributed by atoms with van der Waals surface area (Å²) in [6, 6.07) is 1.33. The van der Waals surface area contributed by atoms with Gasteiger partial charge in [0.1, 0.15) is 0 Å². The number of anilines is 1. The molecule has 0 bridgehead atoms.